The zero-order chi connectivity index (χ0) is 17.4. The zero-order valence-electron chi connectivity index (χ0n) is 13.3. The van der Waals surface area contributed by atoms with E-state index in [1.165, 1.54) is 7.11 Å². The number of methoxy groups -OCH3 is 1. The molecule has 0 saturated heterocycles. The van der Waals surface area contributed by atoms with Gasteiger partial charge in [0, 0.05) is 21.8 Å². The second kappa shape index (κ2) is 6.07. The standard InChI is InChI=1S/C18H14ClN5O/c1-25-17-15-16(23-18(20)24-17)21-13-5-3-2-4-12(13)14(22-15)10-6-8-11(19)9-7-10/h2-9H,1H3,(H3,20,21,23,24). The van der Waals surface area contributed by atoms with Crippen molar-refractivity contribution in [3.63, 3.8) is 0 Å². The van der Waals surface area contributed by atoms with Crippen LogP contribution in [0.4, 0.5) is 23.1 Å². The van der Waals surface area contributed by atoms with Gasteiger partial charge in [-0.2, -0.15) is 9.97 Å². The number of para-hydroxylation sites is 1. The number of aromatic nitrogens is 2. The van der Waals surface area contributed by atoms with Gasteiger partial charge in [-0.3, -0.25) is 0 Å². The van der Waals surface area contributed by atoms with Crippen LogP contribution in [-0.4, -0.2) is 22.8 Å². The molecule has 0 fully saturated rings. The summed E-state index contributed by atoms with van der Waals surface area (Å²) < 4.78 is 5.35. The van der Waals surface area contributed by atoms with Gasteiger partial charge in [0.25, 0.3) is 0 Å². The summed E-state index contributed by atoms with van der Waals surface area (Å²) in [5.41, 5.74) is 9.78. The van der Waals surface area contributed by atoms with Gasteiger partial charge in [-0.15, -0.1) is 0 Å². The minimum absolute atomic E-state index is 0.116. The average molecular weight is 352 g/mol. The molecule has 1 aliphatic rings. The van der Waals surface area contributed by atoms with Crippen LogP contribution in [0.3, 0.4) is 0 Å². The third kappa shape index (κ3) is 2.77. The van der Waals surface area contributed by atoms with Crippen LogP contribution in [0.15, 0.2) is 53.5 Å². The van der Waals surface area contributed by atoms with Crippen molar-refractivity contribution in [3.8, 4) is 5.88 Å². The summed E-state index contributed by atoms with van der Waals surface area (Å²) >= 11 is 6.02. The van der Waals surface area contributed by atoms with Crippen molar-refractivity contribution in [1.29, 1.82) is 0 Å². The lowest BCUT2D eigenvalue weighted by Gasteiger charge is -2.10. The lowest BCUT2D eigenvalue weighted by atomic mass is 10.0. The lowest BCUT2D eigenvalue weighted by molar-refractivity contribution is 0.399. The van der Waals surface area contributed by atoms with Crippen LogP contribution in [0.25, 0.3) is 0 Å². The normalized spacial score (nSPS) is 12.3. The first-order valence-corrected chi connectivity index (χ1v) is 7.96. The molecule has 0 amide bonds. The van der Waals surface area contributed by atoms with E-state index in [0.717, 1.165) is 22.5 Å². The molecule has 0 saturated carbocycles. The van der Waals surface area contributed by atoms with Crippen LogP contribution >= 0.6 is 11.6 Å². The Bertz CT molecular complexity index is 985. The number of fused-ring (bicyclic) bond motifs is 2. The SMILES string of the molecule is COc1nc(N)nc2c1N=C(c1ccc(Cl)cc1)c1ccccc1N2. The van der Waals surface area contributed by atoms with Gasteiger partial charge in [-0.25, -0.2) is 4.99 Å². The Labute approximate surface area is 149 Å². The minimum atomic E-state index is 0.116. The Morgan fingerprint density at radius 2 is 1.80 bits per heavy atom. The number of nitrogens with two attached hydrogens (primary N) is 1. The van der Waals surface area contributed by atoms with Gasteiger partial charge in [-0.05, 0) is 18.2 Å². The molecular weight excluding hydrogens is 338 g/mol. The van der Waals surface area contributed by atoms with Gasteiger partial charge >= 0.3 is 0 Å². The number of rotatable bonds is 2. The van der Waals surface area contributed by atoms with Crippen molar-refractivity contribution in [2.45, 2.75) is 0 Å². The van der Waals surface area contributed by atoms with E-state index in [-0.39, 0.29) is 5.95 Å². The van der Waals surface area contributed by atoms with E-state index in [4.69, 9.17) is 27.1 Å². The fourth-order valence-electron chi connectivity index (χ4n) is 2.71. The Morgan fingerprint density at radius 3 is 2.56 bits per heavy atom. The van der Waals surface area contributed by atoms with Crippen LogP contribution < -0.4 is 15.8 Å². The van der Waals surface area contributed by atoms with Gasteiger partial charge < -0.3 is 15.8 Å². The molecule has 0 radical (unpaired) electrons. The monoisotopic (exact) mass is 351 g/mol. The van der Waals surface area contributed by atoms with E-state index >= 15 is 0 Å². The molecule has 0 spiro atoms. The van der Waals surface area contributed by atoms with Crippen LogP contribution in [0.5, 0.6) is 5.88 Å². The van der Waals surface area contributed by atoms with E-state index in [2.05, 4.69) is 15.3 Å². The van der Waals surface area contributed by atoms with Gasteiger partial charge in [-0.1, -0.05) is 41.9 Å². The highest BCUT2D eigenvalue weighted by molar-refractivity contribution is 6.30. The highest BCUT2D eigenvalue weighted by Gasteiger charge is 2.22. The summed E-state index contributed by atoms with van der Waals surface area (Å²) in [5, 5.41) is 3.94. The van der Waals surface area contributed by atoms with Crippen LogP contribution in [0.1, 0.15) is 11.1 Å². The van der Waals surface area contributed by atoms with Crippen molar-refractivity contribution in [2.24, 2.45) is 4.99 Å². The molecule has 1 aromatic heterocycles. The average Bonchev–Trinajstić information content (AvgIpc) is 2.78. The quantitative estimate of drug-likeness (QED) is 0.571. The predicted molar refractivity (Wildman–Crippen MR) is 99.5 cm³/mol. The summed E-state index contributed by atoms with van der Waals surface area (Å²) in [5.74, 6) is 0.931. The molecule has 3 N–H and O–H groups in total. The first-order valence-electron chi connectivity index (χ1n) is 7.58. The van der Waals surface area contributed by atoms with Gasteiger partial charge in [0.1, 0.15) is 0 Å². The van der Waals surface area contributed by atoms with Crippen molar-refractivity contribution < 1.29 is 4.74 Å². The van der Waals surface area contributed by atoms with Crippen LogP contribution in [-0.2, 0) is 0 Å². The van der Waals surface area contributed by atoms with Gasteiger partial charge in [0.15, 0.2) is 11.5 Å². The van der Waals surface area contributed by atoms with Gasteiger partial charge in [0.05, 0.1) is 12.8 Å². The molecule has 0 aliphatic carbocycles. The number of nitrogens with zero attached hydrogens (tertiary/aromatic N) is 3. The van der Waals surface area contributed by atoms with E-state index in [1.807, 2.05) is 48.5 Å². The number of nitrogen functional groups attached to an aromatic ring is 1. The molecule has 2 aromatic carbocycles. The fraction of sp³-hybridized carbons (Fsp3) is 0.0556. The highest BCUT2D eigenvalue weighted by Crippen LogP contribution is 2.39. The van der Waals surface area contributed by atoms with Crippen molar-refractivity contribution >= 4 is 40.5 Å². The summed E-state index contributed by atoms with van der Waals surface area (Å²) in [6.45, 7) is 0. The third-order valence-corrected chi connectivity index (χ3v) is 4.09. The topological polar surface area (TPSA) is 85.4 Å². The Balaban J connectivity index is 2.01. The number of nitrogens with one attached hydrogen (secondary N) is 1. The molecule has 2 heterocycles. The number of benzene rings is 2. The van der Waals surface area contributed by atoms with E-state index in [1.54, 1.807) is 0 Å². The first kappa shape index (κ1) is 15.4. The minimum Gasteiger partial charge on any atom is -0.479 e. The zero-order valence-corrected chi connectivity index (χ0v) is 14.1. The number of hydrogen-bond acceptors (Lipinski definition) is 6. The second-order valence-electron chi connectivity index (χ2n) is 5.43. The number of anilines is 3. The van der Waals surface area contributed by atoms with E-state index in [9.17, 15) is 0 Å². The summed E-state index contributed by atoms with van der Waals surface area (Å²) in [6.07, 6.45) is 0. The molecular formula is C18H14ClN5O. The first-order chi connectivity index (χ1) is 12.2. The maximum atomic E-state index is 6.02. The number of ether oxygens (including phenoxy) is 1. The number of aliphatic imine (C=N–C) groups is 1. The molecule has 6 nitrogen and oxygen atoms in total. The number of hydrogen-bond donors (Lipinski definition) is 2. The molecule has 124 valence electrons. The molecule has 25 heavy (non-hydrogen) atoms. The molecule has 4 rings (SSSR count). The lowest BCUT2D eigenvalue weighted by Crippen LogP contribution is -2.04. The van der Waals surface area contributed by atoms with E-state index in [0.29, 0.717) is 22.4 Å². The van der Waals surface area contributed by atoms with Gasteiger partial charge in [0.2, 0.25) is 11.8 Å². The second-order valence-corrected chi connectivity index (χ2v) is 5.86. The molecule has 0 atom stereocenters. The summed E-state index contributed by atoms with van der Waals surface area (Å²) in [7, 11) is 1.53. The van der Waals surface area contributed by atoms with E-state index < -0.39 is 0 Å². The maximum Gasteiger partial charge on any atom is 0.246 e. The fourth-order valence-corrected chi connectivity index (χ4v) is 2.83. The Morgan fingerprint density at radius 1 is 1.04 bits per heavy atom. The Hall–Kier alpha value is -3.12. The van der Waals surface area contributed by atoms with Crippen LogP contribution in [0, 0.1) is 0 Å². The van der Waals surface area contributed by atoms with Crippen LogP contribution in [0.2, 0.25) is 5.02 Å². The molecule has 3 aromatic rings. The molecule has 0 bridgehead atoms. The maximum absolute atomic E-state index is 6.02. The Kier molecular flexibility index (Phi) is 3.74. The van der Waals surface area contributed by atoms with Crippen molar-refractivity contribution in [1.82, 2.24) is 9.97 Å². The number of halogens is 1. The molecule has 1 aliphatic heterocycles. The summed E-state index contributed by atoms with van der Waals surface area (Å²) in [4.78, 5) is 13.2. The predicted octanol–water partition coefficient (Wildman–Crippen LogP) is 3.95. The highest BCUT2D eigenvalue weighted by atomic mass is 35.5. The third-order valence-electron chi connectivity index (χ3n) is 3.84. The summed E-state index contributed by atoms with van der Waals surface area (Å²) in [6, 6.07) is 15.4. The molecule has 0 unspecified atom stereocenters. The van der Waals surface area contributed by atoms with Crippen molar-refractivity contribution in [3.05, 3.63) is 64.7 Å². The van der Waals surface area contributed by atoms with Crippen molar-refractivity contribution in [2.75, 3.05) is 18.2 Å². The smallest absolute Gasteiger partial charge is 0.246 e. The largest absolute Gasteiger partial charge is 0.479 e. The molecule has 7 heteroatoms.